The van der Waals surface area contributed by atoms with Gasteiger partial charge in [0.2, 0.25) is 0 Å². The molecule has 0 aromatic heterocycles. The molecule has 0 aliphatic rings. The molecule has 0 aliphatic heterocycles. The summed E-state index contributed by atoms with van der Waals surface area (Å²) in [5.41, 5.74) is 1.84. The Kier molecular flexibility index (Phi) is 11.4. The summed E-state index contributed by atoms with van der Waals surface area (Å²) in [4.78, 5) is 27.0. The fourth-order valence-electron chi connectivity index (χ4n) is 4.42. The summed E-state index contributed by atoms with van der Waals surface area (Å²) in [6, 6.07) is 19.8. The lowest BCUT2D eigenvalue weighted by molar-refractivity contribution is -0.0328. The standard InChI is InChI=1S/C34H34F3NO3S/c1-5-29(39)18-19-38-23(4)25-10-12-26(13-11-25)31(33(41)28-8-6-24(7-9-28)20-22(2)3)21-32(40)27-14-16-30(17-15-27)42-34(35,36)37/h6-17,22,31,38-39H,1,4,18-21H2,2-3H3. The number of aliphatic hydroxyl groups is 1. The fraction of sp³-hybridized carbons (Fsp3) is 0.265. The van der Waals surface area contributed by atoms with Gasteiger partial charge in [-0.25, -0.2) is 0 Å². The van der Waals surface area contributed by atoms with E-state index in [1.165, 1.54) is 24.3 Å². The highest BCUT2D eigenvalue weighted by molar-refractivity contribution is 8.00. The number of alkyl halides is 3. The average molecular weight is 594 g/mol. The molecule has 2 N–H and O–H groups in total. The van der Waals surface area contributed by atoms with Crippen molar-refractivity contribution in [2.75, 3.05) is 6.54 Å². The minimum absolute atomic E-state index is 0.0201. The van der Waals surface area contributed by atoms with Crippen molar-refractivity contribution >= 4 is 29.0 Å². The predicted molar refractivity (Wildman–Crippen MR) is 163 cm³/mol. The van der Waals surface area contributed by atoms with E-state index in [0.29, 0.717) is 35.7 Å². The van der Waals surface area contributed by atoms with Gasteiger partial charge in [-0.05, 0) is 52.9 Å². The van der Waals surface area contributed by atoms with Crippen LogP contribution in [0.3, 0.4) is 0 Å². The SMILES string of the molecule is C=C=C(O)CCNC(=C)c1ccc(C(CC(=O)c2ccc(SC(F)(F)F)cc2)C(=O)c2ccc(CC(C)C)cc2)cc1. The van der Waals surface area contributed by atoms with Gasteiger partial charge in [0.05, 0.1) is 5.92 Å². The lowest BCUT2D eigenvalue weighted by Gasteiger charge is -2.18. The van der Waals surface area contributed by atoms with E-state index in [4.69, 9.17) is 0 Å². The van der Waals surface area contributed by atoms with E-state index >= 15 is 0 Å². The number of benzene rings is 3. The van der Waals surface area contributed by atoms with Crippen LogP contribution in [0.5, 0.6) is 0 Å². The molecule has 0 amide bonds. The quantitative estimate of drug-likeness (QED) is 0.0846. The largest absolute Gasteiger partial charge is 0.505 e. The van der Waals surface area contributed by atoms with Crippen molar-refractivity contribution < 1.29 is 27.9 Å². The van der Waals surface area contributed by atoms with E-state index in [-0.39, 0.29) is 46.0 Å². The van der Waals surface area contributed by atoms with E-state index in [1.807, 2.05) is 12.1 Å². The van der Waals surface area contributed by atoms with E-state index in [9.17, 15) is 27.9 Å². The van der Waals surface area contributed by atoms with Crippen molar-refractivity contribution in [3.63, 3.8) is 0 Å². The van der Waals surface area contributed by atoms with Gasteiger partial charge in [-0.1, -0.05) is 93.4 Å². The van der Waals surface area contributed by atoms with Crippen molar-refractivity contribution in [2.24, 2.45) is 5.92 Å². The van der Waals surface area contributed by atoms with E-state index < -0.39 is 11.4 Å². The molecule has 0 saturated heterocycles. The monoisotopic (exact) mass is 593 g/mol. The van der Waals surface area contributed by atoms with Crippen LogP contribution in [0.15, 0.2) is 102 Å². The summed E-state index contributed by atoms with van der Waals surface area (Å²) < 4.78 is 38.2. The van der Waals surface area contributed by atoms with Gasteiger partial charge >= 0.3 is 5.51 Å². The van der Waals surface area contributed by atoms with Crippen LogP contribution in [0.25, 0.3) is 5.70 Å². The highest BCUT2D eigenvalue weighted by atomic mass is 32.2. The van der Waals surface area contributed by atoms with Crippen molar-refractivity contribution in [3.05, 3.63) is 125 Å². The number of hydrogen-bond acceptors (Lipinski definition) is 5. The number of Topliss-reactive ketones (excluding diaryl/α,β-unsaturated/α-hetero) is 2. The van der Waals surface area contributed by atoms with Crippen LogP contribution in [0, 0.1) is 5.92 Å². The maximum absolute atomic E-state index is 13.8. The fourth-order valence-corrected chi connectivity index (χ4v) is 4.96. The number of rotatable bonds is 14. The number of halogens is 3. The Morgan fingerprint density at radius 2 is 1.50 bits per heavy atom. The van der Waals surface area contributed by atoms with Crippen LogP contribution in [0.1, 0.15) is 70.0 Å². The lowest BCUT2D eigenvalue weighted by atomic mass is 9.84. The summed E-state index contributed by atoms with van der Waals surface area (Å²) in [5, 5.41) is 12.6. The first-order valence-corrected chi connectivity index (χ1v) is 14.3. The zero-order chi connectivity index (χ0) is 30.9. The zero-order valence-corrected chi connectivity index (χ0v) is 24.4. The highest BCUT2D eigenvalue weighted by Crippen LogP contribution is 2.37. The minimum atomic E-state index is -4.43. The molecule has 8 heteroatoms. The first kappa shape index (κ1) is 32.5. The van der Waals surface area contributed by atoms with E-state index in [1.54, 1.807) is 36.4 Å². The Balaban J connectivity index is 1.85. The van der Waals surface area contributed by atoms with Crippen molar-refractivity contribution in [2.45, 2.75) is 49.4 Å². The van der Waals surface area contributed by atoms with E-state index in [0.717, 1.165) is 17.5 Å². The van der Waals surface area contributed by atoms with Crippen LogP contribution < -0.4 is 5.32 Å². The van der Waals surface area contributed by atoms with Gasteiger partial charge in [0.1, 0.15) is 5.76 Å². The molecule has 1 atom stereocenters. The summed E-state index contributed by atoms with van der Waals surface area (Å²) in [7, 11) is 0. The molecule has 0 saturated carbocycles. The Labute approximate surface area is 249 Å². The third-order valence-corrected chi connectivity index (χ3v) is 7.30. The maximum atomic E-state index is 13.8. The van der Waals surface area contributed by atoms with Crippen LogP contribution in [0.2, 0.25) is 0 Å². The Morgan fingerprint density at radius 3 is 2.05 bits per heavy atom. The summed E-state index contributed by atoms with van der Waals surface area (Å²) in [6.07, 6.45) is 1.07. The summed E-state index contributed by atoms with van der Waals surface area (Å²) in [6.45, 7) is 12.1. The third kappa shape index (κ3) is 9.82. The van der Waals surface area contributed by atoms with Gasteiger partial charge in [-0.2, -0.15) is 13.2 Å². The van der Waals surface area contributed by atoms with Gasteiger partial charge in [0.15, 0.2) is 11.6 Å². The molecular formula is C34H34F3NO3S. The molecule has 0 bridgehead atoms. The number of ketones is 2. The maximum Gasteiger partial charge on any atom is 0.446 e. The molecule has 0 heterocycles. The van der Waals surface area contributed by atoms with Crippen molar-refractivity contribution in [1.29, 1.82) is 0 Å². The van der Waals surface area contributed by atoms with Crippen molar-refractivity contribution in [1.82, 2.24) is 5.32 Å². The molecule has 0 aliphatic carbocycles. The number of aliphatic hydroxyl groups excluding tert-OH is 1. The normalized spacial score (nSPS) is 12.0. The van der Waals surface area contributed by atoms with Crippen molar-refractivity contribution in [3.8, 4) is 0 Å². The highest BCUT2D eigenvalue weighted by Gasteiger charge is 2.30. The molecular weight excluding hydrogens is 559 g/mol. The number of carbonyl (C=O) groups excluding carboxylic acids is 2. The number of thioether (sulfide) groups is 1. The molecule has 0 spiro atoms. The summed E-state index contributed by atoms with van der Waals surface area (Å²) in [5.74, 6) is -0.867. The first-order valence-electron chi connectivity index (χ1n) is 13.5. The number of carbonyl (C=O) groups is 2. The molecule has 42 heavy (non-hydrogen) atoms. The number of hydrogen-bond donors (Lipinski definition) is 2. The minimum Gasteiger partial charge on any atom is -0.505 e. The smallest absolute Gasteiger partial charge is 0.446 e. The van der Waals surface area contributed by atoms with Crippen LogP contribution >= 0.6 is 11.8 Å². The van der Waals surface area contributed by atoms with Gasteiger partial charge in [-0.3, -0.25) is 9.59 Å². The molecule has 4 nitrogen and oxygen atoms in total. The zero-order valence-electron chi connectivity index (χ0n) is 23.6. The second kappa shape index (κ2) is 14.8. The van der Waals surface area contributed by atoms with Gasteiger partial charge in [-0.15, -0.1) is 0 Å². The summed E-state index contributed by atoms with van der Waals surface area (Å²) >= 11 is -0.248. The van der Waals surface area contributed by atoms with Crippen LogP contribution in [0.4, 0.5) is 13.2 Å². The topological polar surface area (TPSA) is 66.4 Å². The Morgan fingerprint density at radius 1 is 0.929 bits per heavy atom. The molecule has 0 fully saturated rings. The van der Waals surface area contributed by atoms with Gasteiger partial charge < -0.3 is 10.4 Å². The molecule has 220 valence electrons. The first-order chi connectivity index (χ1) is 19.9. The second-order valence-corrected chi connectivity index (χ2v) is 11.5. The lowest BCUT2D eigenvalue weighted by Crippen LogP contribution is -2.18. The predicted octanol–water partition coefficient (Wildman–Crippen LogP) is 8.91. The second-order valence-electron chi connectivity index (χ2n) is 10.3. The van der Waals surface area contributed by atoms with Gasteiger partial charge in [0, 0.05) is 41.1 Å². The Hall–Kier alpha value is -4.00. The molecule has 3 rings (SSSR count). The average Bonchev–Trinajstić information content (AvgIpc) is 2.95. The van der Waals surface area contributed by atoms with Crippen LogP contribution in [-0.2, 0) is 6.42 Å². The van der Waals surface area contributed by atoms with Crippen LogP contribution in [-0.4, -0.2) is 28.7 Å². The molecule has 3 aromatic rings. The van der Waals surface area contributed by atoms with Gasteiger partial charge in [0.25, 0.3) is 0 Å². The number of nitrogens with one attached hydrogen (secondary N) is 1. The van der Waals surface area contributed by atoms with E-state index in [2.05, 4.69) is 38.1 Å². The molecule has 0 radical (unpaired) electrons. The molecule has 3 aromatic carbocycles. The molecule has 1 unspecified atom stereocenters. The Bertz CT molecular complexity index is 1440. The third-order valence-electron chi connectivity index (χ3n) is 6.56.